The van der Waals surface area contributed by atoms with Gasteiger partial charge in [-0.15, -0.1) is 11.3 Å². The van der Waals surface area contributed by atoms with Crippen LogP contribution < -0.4 is 4.90 Å². The number of para-hydroxylation sites is 1. The van der Waals surface area contributed by atoms with Crippen LogP contribution in [0.3, 0.4) is 0 Å². The second-order valence-electron chi connectivity index (χ2n) is 14.4. The molecule has 1 aliphatic rings. The Kier molecular flexibility index (Phi) is 7.53. The lowest BCUT2D eigenvalue weighted by Gasteiger charge is -2.26. The topological polar surface area (TPSA) is 8.17 Å². The summed E-state index contributed by atoms with van der Waals surface area (Å²) in [5, 5.41) is 7.76. The maximum absolute atomic E-state index is 2.42. The van der Waals surface area contributed by atoms with Gasteiger partial charge >= 0.3 is 0 Å². The molecule has 0 N–H and O–H groups in total. The molecule has 11 rings (SSSR count). The van der Waals surface area contributed by atoms with E-state index >= 15 is 0 Å². The monoisotopic (exact) mass is 720 g/mol. The molecule has 2 aromatic heterocycles. The third-order valence-electron chi connectivity index (χ3n) is 11.2. The van der Waals surface area contributed by atoms with Crippen LogP contribution in [0.4, 0.5) is 17.1 Å². The van der Waals surface area contributed by atoms with Crippen molar-refractivity contribution in [1.82, 2.24) is 4.57 Å². The van der Waals surface area contributed by atoms with Gasteiger partial charge in [0, 0.05) is 53.7 Å². The van der Waals surface area contributed by atoms with E-state index in [-0.39, 0.29) is 0 Å². The number of hydrogen-bond donors (Lipinski definition) is 0. The van der Waals surface area contributed by atoms with Crippen LogP contribution in [0.2, 0.25) is 0 Å². The second-order valence-corrected chi connectivity index (χ2v) is 15.5. The van der Waals surface area contributed by atoms with Crippen molar-refractivity contribution in [2.24, 2.45) is 0 Å². The van der Waals surface area contributed by atoms with E-state index in [9.17, 15) is 0 Å². The number of rotatable bonds is 6. The summed E-state index contributed by atoms with van der Waals surface area (Å²) in [5.74, 6) is 0. The molecule has 0 radical (unpaired) electrons. The van der Waals surface area contributed by atoms with E-state index < -0.39 is 0 Å². The van der Waals surface area contributed by atoms with Crippen molar-refractivity contribution in [1.29, 1.82) is 0 Å². The van der Waals surface area contributed by atoms with Crippen LogP contribution in [0.1, 0.15) is 18.4 Å². The van der Waals surface area contributed by atoms with Gasteiger partial charge in [0.1, 0.15) is 0 Å². The molecular formula is C52H36N2S. The number of hydrogen-bond acceptors (Lipinski definition) is 2. The Bertz CT molecular complexity index is 3140. The molecule has 0 saturated heterocycles. The smallest absolute Gasteiger partial charge is 0.0547 e. The molecule has 0 aliphatic heterocycles. The molecule has 0 fully saturated rings. The summed E-state index contributed by atoms with van der Waals surface area (Å²) in [6, 6.07) is 64.8. The fraction of sp³-hybridized carbons (Fsp3) is 0.0385. The number of nitrogens with zero attached hydrogens (tertiary/aromatic N) is 2. The normalized spacial score (nSPS) is 13.0. The summed E-state index contributed by atoms with van der Waals surface area (Å²) in [5.41, 5.74) is 11.9. The van der Waals surface area contributed by atoms with Gasteiger partial charge in [0.2, 0.25) is 0 Å². The van der Waals surface area contributed by atoms with Gasteiger partial charge in [-0.2, -0.15) is 0 Å². The Morgan fingerprint density at radius 2 is 1.16 bits per heavy atom. The highest BCUT2D eigenvalue weighted by atomic mass is 32.1. The first-order valence-corrected chi connectivity index (χ1v) is 19.9. The van der Waals surface area contributed by atoms with E-state index in [1.807, 2.05) is 11.3 Å². The van der Waals surface area contributed by atoms with Crippen molar-refractivity contribution in [3.8, 4) is 16.8 Å². The van der Waals surface area contributed by atoms with Crippen molar-refractivity contribution < 1.29 is 0 Å². The first-order chi connectivity index (χ1) is 27.3. The zero-order valence-corrected chi connectivity index (χ0v) is 31.0. The summed E-state index contributed by atoms with van der Waals surface area (Å²) < 4.78 is 5.04. The minimum atomic E-state index is 1.10. The Labute approximate surface area is 324 Å². The maximum Gasteiger partial charge on any atom is 0.0547 e. The van der Waals surface area contributed by atoms with Crippen molar-refractivity contribution >= 4 is 86.7 Å². The van der Waals surface area contributed by atoms with Crippen molar-refractivity contribution in [3.05, 3.63) is 200 Å². The van der Waals surface area contributed by atoms with E-state index in [1.165, 1.54) is 75.0 Å². The molecule has 0 bridgehead atoms. The summed E-state index contributed by atoms with van der Waals surface area (Å²) in [6.07, 6.45) is 9.09. The third kappa shape index (κ3) is 5.39. The van der Waals surface area contributed by atoms with Crippen LogP contribution in [-0.4, -0.2) is 4.57 Å². The summed E-state index contributed by atoms with van der Waals surface area (Å²) in [4.78, 5) is 2.39. The lowest BCUT2D eigenvalue weighted by atomic mass is 9.99. The van der Waals surface area contributed by atoms with Crippen LogP contribution in [0, 0.1) is 0 Å². The molecular weight excluding hydrogens is 685 g/mol. The molecule has 260 valence electrons. The van der Waals surface area contributed by atoms with E-state index in [2.05, 4.69) is 204 Å². The fourth-order valence-corrected chi connectivity index (χ4v) is 9.72. The number of fused-ring (bicyclic) bond motifs is 8. The summed E-state index contributed by atoms with van der Waals surface area (Å²) in [6.45, 7) is 0. The minimum absolute atomic E-state index is 1.10. The van der Waals surface area contributed by atoms with Gasteiger partial charge in [0.05, 0.1) is 11.0 Å². The van der Waals surface area contributed by atoms with Gasteiger partial charge in [-0.3, -0.25) is 0 Å². The molecule has 2 heterocycles. The fourth-order valence-electron chi connectivity index (χ4n) is 8.58. The van der Waals surface area contributed by atoms with Crippen molar-refractivity contribution in [2.75, 3.05) is 4.90 Å². The number of allylic oxidation sites excluding steroid dienone is 4. The van der Waals surface area contributed by atoms with Crippen LogP contribution in [-0.2, 0) is 0 Å². The molecule has 8 aromatic carbocycles. The van der Waals surface area contributed by atoms with Gasteiger partial charge in [0.25, 0.3) is 0 Å². The first kappa shape index (κ1) is 31.8. The molecule has 0 spiro atoms. The summed E-state index contributed by atoms with van der Waals surface area (Å²) >= 11 is 1.86. The van der Waals surface area contributed by atoms with Crippen molar-refractivity contribution in [3.63, 3.8) is 0 Å². The molecule has 55 heavy (non-hydrogen) atoms. The second kappa shape index (κ2) is 13.0. The zero-order valence-electron chi connectivity index (χ0n) is 30.2. The van der Waals surface area contributed by atoms with Gasteiger partial charge in [-0.05, 0) is 113 Å². The van der Waals surface area contributed by atoms with Crippen LogP contribution in [0.15, 0.2) is 194 Å². The number of thiophene rings is 1. The van der Waals surface area contributed by atoms with E-state index in [0.717, 1.165) is 35.6 Å². The van der Waals surface area contributed by atoms with E-state index in [1.54, 1.807) is 0 Å². The zero-order chi connectivity index (χ0) is 36.3. The summed E-state index contributed by atoms with van der Waals surface area (Å²) in [7, 11) is 0. The third-order valence-corrected chi connectivity index (χ3v) is 12.3. The minimum Gasteiger partial charge on any atom is -0.310 e. The Balaban J connectivity index is 1.00. The molecule has 10 aromatic rings. The Hall–Kier alpha value is -6.68. The average Bonchev–Trinajstić information content (AvgIpc) is 3.80. The van der Waals surface area contributed by atoms with E-state index in [4.69, 9.17) is 0 Å². The van der Waals surface area contributed by atoms with Gasteiger partial charge < -0.3 is 9.47 Å². The molecule has 0 atom stereocenters. The first-order valence-electron chi connectivity index (χ1n) is 19.1. The highest BCUT2D eigenvalue weighted by molar-refractivity contribution is 7.25. The average molecular weight is 721 g/mol. The maximum atomic E-state index is 2.42. The quantitative estimate of drug-likeness (QED) is 0.166. The number of benzene rings is 8. The molecule has 2 nitrogen and oxygen atoms in total. The SMILES string of the molecule is C1=CC(c2ccc(N(c3ccc(-c4cccc(-n5c6ccccc6c6c7ccccc7ccc65)c4)cc3)c3ccc4c(c3)sc3ccccc34)cc2)=CCC1. The number of aromatic nitrogens is 1. The molecule has 3 heteroatoms. The molecule has 0 amide bonds. The molecule has 0 saturated carbocycles. The highest BCUT2D eigenvalue weighted by Gasteiger charge is 2.17. The predicted molar refractivity (Wildman–Crippen MR) is 238 cm³/mol. The molecule has 1 aliphatic carbocycles. The Morgan fingerprint density at radius 3 is 1.98 bits per heavy atom. The predicted octanol–water partition coefficient (Wildman–Crippen LogP) is 15.2. The largest absolute Gasteiger partial charge is 0.310 e. The van der Waals surface area contributed by atoms with Gasteiger partial charge in [-0.1, -0.05) is 127 Å². The van der Waals surface area contributed by atoms with Gasteiger partial charge in [0.15, 0.2) is 0 Å². The Morgan fingerprint density at radius 1 is 0.455 bits per heavy atom. The van der Waals surface area contributed by atoms with Crippen LogP contribution in [0.25, 0.3) is 75.1 Å². The van der Waals surface area contributed by atoms with Crippen LogP contribution >= 0.6 is 11.3 Å². The lowest BCUT2D eigenvalue weighted by molar-refractivity contribution is 1.04. The van der Waals surface area contributed by atoms with Crippen LogP contribution in [0.5, 0.6) is 0 Å². The molecule has 0 unspecified atom stereocenters. The highest BCUT2D eigenvalue weighted by Crippen LogP contribution is 2.42. The van der Waals surface area contributed by atoms with E-state index in [0.29, 0.717) is 0 Å². The standard InChI is InChI=1S/C52H36N2S/c1-2-11-35(12-3-1)36-21-26-40(27-22-36)53(43-30-31-46-45-17-7-9-20-50(45)55-51(46)34-43)41-28-23-37(24-29-41)39-14-10-15-42(33-39)54-48-19-8-6-18-47(48)52-44-16-5-4-13-38(44)25-32-49(52)54/h2,4-34H,1,3H2. The van der Waals surface area contributed by atoms with Crippen molar-refractivity contribution in [2.45, 2.75) is 12.8 Å². The lowest BCUT2D eigenvalue weighted by Crippen LogP contribution is -2.09. The van der Waals surface area contributed by atoms with Gasteiger partial charge in [-0.25, -0.2) is 0 Å². The number of anilines is 3.